The zero-order valence-electron chi connectivity index (χ0n) is 18.7. The standard InChI is InChI=1S/C22H34N6O3/c1-3-5-14-28-19-18(20(29)24-22(28)31)27(4-2)17(23-19)15-26-13-7-6-10-16(26)21(30)25-11-8-9-12-25/h16H,3-15H2,1-2H3,(H,24,29,31). The van der Waals surface area contributed by atoms with Gasteiger partial charge >= 0.3 is 5.69 Å². The molecule has 31 heavy (non-hydrogen) atoms. The predicted octanol–water partition coefficient (Wildman–Crippen LogP) is 1.68. The largest absolute Gasteiger partial charge is 0.341 e. The number of carbonyl (C=O) groups excluding carboxylic acids is 1. The summed E-state index contributed by atoms with van der Waals surface area (Å²) < 4.78 is 3.49. The lowest BCUT2D eigenvalue weighted by molar-refractivity contribution is -0.137. The Morgan fingerprint density at radius 3 is 2.52 bits per heavy atom. The number of aromatic amines is 1. The van der Waals surface area contributed by atoms with E-state index in [0.717, 1.165) is 70.4 Å². The first-order valence-electron chi connectivity index (χ1n) is 11.8. The molecule has 2 aromatic rings. The highest BCUT2D eigenvalue weighted by atomic mass is 16.2. The number of rotatable bonds is 7. The third-order valence-corrected chi connectivity index (χ3v) is 6.68. The monoisotopic (exact) mass is 430 g/mol. The van der Waals surface area contributed by atoms with Gasteiger partial charge in [0.05, 0.1) is 12.6 Å². The summed E-state index contributed by atoms with van der Waals surface area (Å²) in [5.74, 6) is 0.981. The predicted molar refractivity (Wildman–Crippen MR) is 119 cm³/mol. The van der Waals surface area contributed by atoms with Crippen molar-refractivity contribution in [2.75, 3.05) is 19.6 Å². The van der Waals surface area contributed by atoms with Gasteiger partial charge in [-0.25, -0.2) is 9.78 Å². The van der Waals surface area contributed by atoms with Crippen LogP contribution >= 0.6 is 0 Å². The Balaban J connectivity index is 1.69. The van der Waals surface area contributed by atoms with Crippen LogP contribution in [-0.4, -0.2) is 60.5 Å². The molecule has 1 amide bonds. The molecule has 0 spiro atoms. The van der Waals surface area contributed by atoms with Crippen molar-refractivity contribution in [3.05, 3.63) is 26.7 Å². The van der Waals surface area contributed by atoms with Gasteiger partial charge in [-0.05, 0) is 45.6 Å². The molecule has 2 aromatic heterocycles. The van der Waals surface area contributed by atoms with Crippen LogP contribution in [0.15, 0.2) is 9.59 Å². The molecule has 4 heterocycles. The summed E-state index contributed by atoms with van der Waals surface area (Å²) in [6, 6.07) is -0.127. The van der Waals surface area contributed by atoms with Crippen molar-refractivity contribution >= 4 is 17.1 Å². The summed E-state index contributed by atoms with van der Waals surface area (Å²) in [7, 11) is 0. The first-order chi connectivity index (χ1) is 15.0. The number of aryl methyl sites for hydroxylation is 2. The Kier molecular flexibility index (Phi) is 6.60. The minimum atomic E-state index is -0.404. The SMILES string of the molecule is CCCCn1c(=O)[nH]c(=O)c2c1nc(CN1CCCCC1C(=O)N1CCCC1)n2CC. The highest BCUT2D eigenvalue weighted by Crippen LogP contribution is 2.24. The highest BCUT2D eigenvalue weighted by molar-refractivity contribution is 5.82. The number of imidazole rings is 1. The number of hydrogen-bond acceptors (Lipinski definition) is 5. The number of piperidine rings is 1. The van der Waals surface area contributed by atoms with E-state index in [1.807, 2.05) is 16.4 Å². The Bertz CT molecular complexity index is 1050. The molecular weight excluding hydrogens is 396 g/mol. The van der Waals surface area contributed by atoms with Crippen molar-refractivity contribution in [2.45, 2.75) is 84.5 Å². The molecule has 0 radical (unpaired) electrons. The Labute approximate surface area is 182 Å². The normalized spacial score (nSPS) is 20.1. The quantitative estimate of drug-likeness (QED) is 0.721. The number of nitrogens with one attached hydrogen (secondary N) is 1. The van der Waals surface area contributed by atoms with Gasteiger partial charge in [-0.1, -0.05) is 19.8 Å². The molecule has 2 saturated heterocycles. The van der Waals surface area contributed by atoms with E-state index in [1.165, 1.54) is 0 Å². The lowest BCUT2D eigenvalue weighted by Gasteiger charge is -2.36. The zero-order chi connectivity index (χ0) is 22.0. The summed E-state index contributed by atoms with van der Waals surface area (Å²) in [6.07, 6.45) is 6.93. The van der Waals surface area contributed by atoms with Gasteiger partial charge in [0.2, 0.25) is 5.91 Å². The van der Waals surface area contributed by atoms with Crippen molar-refractivity contribution in [2.24, 2.45) is 0 Å². The number of fused-ring (bicyclic) bond motifs is 1. The van der Waals surface area contributed by atoms with Crippen LogP contribution in [0, 0.1) is 0 Å². The van der Waals surface area contributed by atoms with E-state index < -0.39 is 11.2 Å². The second-order valence-corrected chi connectivity index (χ2v) is 8.72. The van der Waals surface area contributed by atoms with Gasteiger partial charge in [-0.3, -0.25) is 24.0 Å². The number of carbonyl (C=O) groups is 1. The van der Waals surface area contributed by atoms with Crippen LogP contribution in [0.25, 0.3) is 11.2 Å². The van der Waals surface area contributed by atoms with Gasteiger partial charge in [0.15, 0.2) is 11.2 Å². The van der Waals surface area contributed by atoms with Crippen LogP contribution in [0.1, 0.15) is 64.6 Å². The number of unbranched alkanes of at least 4 members (excludes halogenated alkanes) is 1. The minimum Gasteiger partial charge on any atom is -0.341 e. The first kappa shape index (κ1) is 21.8. The third kappa shape index (κ3) is 4.20. The molecule has 2 aliphatic rings. The Morgan fingerprint density at radius 1 is 1.06 bits per heavy atom. The van der Waals surface area contributed by atoms with E-state index in [0.29, 0.717) is 30.8 Å². The topological polar surface area (TPSA) is 96.2 Å². The fraction of sp³-hybridized carbons (Fsp3) is 0.727. The zero-order valence-corrected chi connectivity index (χ0v) is 18.7. The number of amides is 1. The molecule has 9 heteroatoms. The number of H-pyrrole nitrogens is 1. The van der Waals surface area contributed by atoms with Gasteiger partial charge in [0.1, 0.15) is 5.82 Å². The first-order valence-corrected chi connectivity index (χ1v) is 11.8. The Hall–Kier alpha value is -2.42. The van der Waals surface area contributed by atoms with Crippen LogP contribution < -0.4 is 11.2 Å². The van der Waals surface area contributed by atoms with Crippen molar-refractivity contribution < 1.29 is 4.79 Å². The molecule has 0 saturated carbocycles. The minimum absolute atomic E-state index is 0.127. The highest BCUT2D eigenvalue weighted by Gasteiger charge is 2.34. The molecule has 0 aliphatic carbocycles. The molecule has 1 unspecified atom stereocenters. The molecule has 0 bridgehead atoms. The smallest absolute Gasteiger partial charge is 0.330 e. The van der Waals surface area contributed by atoms with Crippen molar-refractivity contribution in [1.82, 2.24) is 28.9 Å². The molecule has 2 fully saturated rings. The summed E-state index contributed by atoms with van der Waals surface area (Å²) in [6.45, 7) is 8.23. The maximum absolute atomic E-state index is 13.2. The van der Waals surface area contributed by atoms with Crippen molar-refractivity contribution in [1.29, 1.82) is 0 Å². The molecule has 4 rings (SSSR count). The average Bonchev–Trinajstić information content (AvgIpc) is 3.42. The summed E-state index contributed by atoms with van der Waals surface area (Å²) in [4.78, 5) is 49.7. The van der Waals surface area contributed by atoms with Crippen molar-refractivity contribution in [3.63, 3.8) is 0 Å². The maximum atomic E-state index is 13.2. The van der Waals surface area contributed by atoms with Gasteiger partial charge < -0.3 is 9.47 Å². The second-order valence-electron chi connectivity index (χ2n) is 8.72. The summed E-state index contributed by atoms with van der Waals surface area (Å²) >= 11 is 0. The van der Waals surface area contributed by atoms with Gasteiger partial charge in [0.25, 0.3) is 5.56 Å². The third-order valence-electron chi connectivity index (χ3n) is 6.68. The van der Waals surface area contributed by atoms with Crippen LogP contribution in [0.3, 0.4) is 0 Å². The van der Waals surface area contributed by atoms with Gasteiger partial charge in [-0.15, -0.1) is 0 Å². The molecular formula is C22H34N6O3. The maximum Gasteiger partial charge on any atom is 0.330 e. The fourth-order valence-corrected chi connectivity index (χ4v) is 4.99. The van der Waals surface area contributed by atoms with E-state index in [4.69, 9.17) is 4.98 Å². The lowest BCUT2D eigenvalue weighted by atomic mass is 10.0. The van der Waals surface area contributed by atoms with Crippen LogP contribution in [0.5, 0.6) is 0 Å². The molecule has 0 aromatic carbocycles. The number of nitrogens with zero attached hydrogens (tertiary/aromatic N) is 5. The molecule has 1 N–H and O–H groups in total. The van der Waals surface area contributed by atoms with Crippen LogP contribution in [0.2, 0.25) is 0 Å². The van der Waals surface area contributed by atoms with Gasteiger partial charge in [-0.2, -0.15) is 0 Å². The van der Waals surface area contributed by atoms with E-state index in [-0.39, 0.29) is 11.9 Å². The summed E-state index contributed by atoms with van der Waals surface area (Å²) in [5.41, 5.74) is 0.112. The van der Waals surface area contributed by atoms with E-state index in [1.54, 1.807) is 4.57 Å². The number of hydrogen-bond donors (Lipinski definition) is 1. The molecule has 2 aliphatic heterocycles. The van der Waals surface area contributed by atoms with E-state index in [2.05, 4.69) is 16.8 Å². The van der Waals surface area contributed by atoms with Crippen molar-refractivity contribution in [3.8, 4) is 0 Å². The number of likely N-dealkylation sites (tertiary alicyclic amines) is 2. The fourth-order valence-electron chi connectivity index (χ4n) is 4.99. The average molecular weight is 431 g/mol. The van der Waals surface area contributed by atoms with E-state index in [9.17, 15) is 14.4 Å². The summed E-state index contributed by atoms with van der Waals surface area (Å²) in [5, 5.41) is 0. The number of aromatic nitrogens is 4. The molecule has 170 valence electrons. The van der Waals surface area contributed by atoms with Gasteiger partial charge in [0, 0.05) is 26.2 Å². The van der Waals surface area contributed by atoms with E-state index >= 15 is 0 Å². The lowest BCUT2D eigenvalue weighted by Crippen LogP contribution is -2.50. The van der Waals surface area contributed by atoms with Crippen LogP contribution in [-0.2, 0) is 24.4 Å². The molecule has 1 atom stereocenters. The van der Waals surface area contributed by atoms with Crippen LogP contribution in [0.4, 0.5) is 0 Å². The second kappa shape index (κ2) is 9.38. The molecule has 9 nitrogen and oxygen atoms in total. The Morgan fingerprint density at radius 2 is 1.81 bits per heavy atom.